The van der Waals surface area contributed by atoms with Crippen LogP contribution in [0, 0.1) is 12.7 Å². The molecule has 0 radical (unpaired) electrons. The molecule has 5 heteroatoms. The number of nitrogens with two attached hydrogens (primary N) is 1. The molecule has 0 saturated heterocycles. The molecule has 2 heterocycles. The minimum absolute atomic E-state index is 0.202. The van der Waals surface area contributed by atoms with Gasteiger partial charge >= 0.3 is 0 Å². The van der Waals surface area contributed by atoms with Gasteiger partial charge in [0.15, 0.2) is 6.29 Å². The molecule has 1 aromatic carbocycles. The van der Waals surface area contributed by atoms with E-state index in [4.69, 9.17) is 5.73 Å². The van der Waals surface area contributed by atoms with Crippen LogP contribution in [0.3, 0.4) is 0 Å². The monoisotopic (exact) mass is 350 g/mol. The third-order valence-corrected chi connectivity index (χ3v) is 4.26. The first kappa shape index (κ1) is 17.9. The van der Waals surface area contributed by atoms with Crippen LogP contribution in [0.15, 0.2) is 72.9 Å². The molecule has 1 unspecified atom stereocenters. The van der Waals surface area contributed by atoms with Crippen LogP contribution in [0.25, 0.3) is 11.3 Å². The van der Waals surface area contributed by atoms with E-state index >= 15 is 0 Å². The predicted octanol–water partition coefficient (Wildman–Crippen LogP) is 3.82. The average Bonchev–Trinajstić information content (AvgIpc) is 2.98. The molecule has 0 saturated carbocycles. The van der Waals surface area contributed by atoms with E-state index in [9.17, 15) is 4.39 Å². The Morgan fingerprint density at radius 3 is 2.96 bits per heavy atom. The number of nitrogens with one attached hydrogen (secondary N) is 1. The SMILES string of the molecule is C/C=C\N1C(/C=C\Cc2cccnc2-c2ccc(F)c(C)c2)=CNC1N. The van der Waals surface area contributed by atoms with Crippen molar-refractivity contribution >= 4 is 0 Å². The molecular weight excluding hydrogens is 327 g/mol. The number of benzene rings is 1. The Morgan fingerprint density at radius 1 is 1.35 bits per heavy atom. The second-order valence-corrected chi connectivity index (χ2v) is 6.15. The summed E-state index contributed by atoms with van der Waals surface area (Å²) in [7, 11) is 0. The van der Waals surface area contributed by atoms with Gasteiger partial charge < -0.3 is 10.2 Å². The maximum absolute atomic E-state index is 13.6. The minimum Gasteiger partial charge on any atom is -0.357 e. The molecular formula is C21H23FN4. The molecule has 0 amide bonds. The molecule has 2 aromatic rings. The van der Waals surface area contributed by atoms with Crippen LogP contribution in [-0.2, 0) is 6.42 Å². The first-order valence-corrected chi connectivity index (χ1v) is 8.60. The van der Waals surface area contributed by atoms with Crippen molar-refractivity contribution in [2.24, 2.45) is 5.73 Å². The number of allylic oxidation sites excluding steroid dienone is 3. The normalized spacial score (nSPS) is 17.2. The number of rotatable bonds is 5. The number of halogens is 1. The summed E-state index contributed by atoms with van der Waals surface area (Å²) in [5.74, 6) is -0.202. The van der Waals surface area contributed by atoms with E-state index < -0.39 is 0 Å². The van der Waals surface area contributed by atoms with Gasteiger partial charge in [-0.15, -0.1) is 0 Å². The summed E-state index contributed by atoms with van der Waals surface area (Å²) in [6.45, 7) is 3.72. The number of nitrogens with zero attached hydrogens (tertiary/aromatic N) is 2. The molecule has 26 heavy (non-hydrogen) atoms. The highest BCUT2D eigenvalue weighted by atomic mass is 19.1. The molecule has 1 atom stereocenters. The first-order chi connectivity index (χ1) is 12.6. The van der Waals surface area contributed by atoms with E-state index in [-0.39, 0.29) is 12.1 Å². The molecule has 1 aliphatic rings. The maximum Gasteiger partial charge on any atom is 0.156 e. The summed E-state index contributed by atoms with van der Waals surface area (Å²) in [6.07, 6.45) is 12.1. The average molecular weight is 350 g/mol. The standard InChI is InChI=1S/C21H23FN4/c1-3-12-26-18(14-25-21(26)23)8-4-6-16-7-5-11-24-20(16)17-9-10-19(22)15(2)13-17/h3-5,7-14,21,25H,6,23H2,1-2H3/b8-4-,12-3-. The number of hydrogen-bond donors (Lipinski definition) is 2. The van der Waals surface area contributed by atoms with Crippen LogP contribution in [0.1, 0.15) is 18.1 Å². The van der Waals surface area contributed by atoms with Crippen LogP contribution in [0.2, 0.25) is 0 Å². The summed E-state index contributed by atoms with van der Waals surface area (Å²) in [5.41, 5.74) is 10.5. The van der Waals surface area contributed by atoms with Crippen molar-refractivity contribution < 1.29 is 4.39 Å². The second kappa shape index (κ2) is 7.97. The van der Waals surface area contributed by atoms with Crippen LogP contribution < -0.4 is 11.1 Å². The van der Waals surface area contributed by atoms with Crippen LogP contribution >= 0.6 is 0 Å². The molecule has 134 valence electrons. The molecule has 4 nitrogen and oxygen atoms in total. The number of hydrogen-bond acceptors (Lipinski definition) is 4. The Hall–Kier alpha value is -2.92. The Bertz CT molecular complexity index is 870. The zero-order valence-electron chi connectivity index (χ0n) is 15.0. The Morgan fingerprint density at radius 2 is 2.19 bits per heavy atom. The number of aromatic nitrogens is 1. The summed E-state index contributed by atoms with van der Waals surface area (Å²) in [5, 5.41) is 3.09. The molecule has 0 bridgehead atoms. The zero-order valence-corrected chi connectivity index (χ0v) is 15.0. The summed E-state index contributed by atoms with van der Waals surface area (Å²) < 4.78 is 13.6. The van der Waals surface area contributed by atoms with Gasteiger partial charge in [-0.3, -0.25) is 10.7 Å². The van der Waals surface area contributed by atoms with Crippen molar-refractivity contribution in [1.29, 1.82) is 0 Å². The smallest absolute Gasteiger partial charge is 0.156 e. The van der Waals surface area contributed by atoms with E-state index in [2.05, 4.69) is 16.4 Å². The third-order valence-electron chi connectivity index (χ3n) is 4.26. The van der Waals surface area contributed by atoms with Gasteiger partial charge in [0.1, 0.15) is 5.82 Å². The zero-order chi connectivity index (χ0) is 18.5. The summed E-state index contributed by atoms with van der Waals surface area (Å²) in [6, 6.07) is 9.06. The van der Waals surface area contributed by atoms with Gasteiger partial charge in [-0.2, -0.15) is 0 Å². The lowest BCUT2D eigenvalue weighted by Gasteiger charge is -2.20. The van der Waals surface area contributed by atoms with Gasteiger partial charge in [0.2, 0.25) is 0 Å². The van der Waals surface area contributed by atoms with Crippen molar-refractivity contribution in [3.05, 3.63) is 89.8 Å². The Balaban J connectivity index is 1.80. The van der Waals surface area contributed by atoms with E-state index in [1.54, 1.807) is 19.2 Å². The van der Waals surface area contributed by atoms with Gasteiger partial charge in [0.25, 0.3) is 0 Å². The molecule has 0 aliphatic carbocycles. The second-order valence-electron chi connectivity index (χ2n) is 6.15. The van der Waals surface area contributed by atoms with E-state index in [1.807, 2.05) is 54.6 Å². The van der Waals surface area contributed by atoms with Crippen molar-refractivity contribution in [3.8, 4) is 11.3 Å². The quantitative estimate of drug-likeness (QED) is 0.861. The van der Waals surface area contributed by atoms with Crippen molar-refractivity contribution in [2.75, 3.05) is 0 Å². The van der Waals surface area contributed by atoms with Gasteiger partial charge in [-0.05, 0) is 61.7 Å². The fourth-order valence-corrected chi connectivity index (χ4v) is 2.92. The molecule has 0 spiro atoms. The maximum atomic E-state index is 13.6. The Kier molecular flexibility index (Phi) is 5.49. The highest BCUT2D eigenvalue weighted by molar-refractivity contribution is 5.64. The van der Waals surface area contributed by atoms with E-state index in [1.165, 1.54) is 6.07 Å². The Labute approximate surface area is 153 Å². The van der Waals surface area contributed by atoms with Gasteiger partial charge in [0.05, 0.1) is 11.4 Å². The predicted molar refractivity (Wildman–Crippen MR) is 103 cm³/mol. The summed E-state index contributed by atoms with van der Waals surface area (Å²) in [4.78, 5) is 6.46. The van der Waals surface area contributed by atoms with Gasteiger partial charge in [0, 0.05) is 24.2 Å². The van der Waals surface area contributed by atoms with E-state index in [0.717, 1.165) is 28.9 Å². The van der Waals surface area contributed by atoms with Crippen LogP contribution in [0.5, 0.6) is 0 Å². The largest absolute Gasteiger partial charge is 0.357 e. The first-order valence-electron chi connectivity index (χ1n) is 8.60. The fraction of sp³-hybridized carbons (Fsp3) is 0.190. The lowest BCUT2D eigenvalue weighted by Crippen LogP contribution is -2.41. The van der Waals surface area contributed by atoms with Gasteiger partial charge in [-0.25, -0.2) is 4.39 Å². The number of aryl methyl sites for hydroxylation is 1. The van der Waals surface area contributed by atoms with Crippen molar-refractivity contribution in [1.82, 2.24) is 15.2 Å². The molecule has 0 fully saturated rings. The highest BCUT2D eigenvalue weighted by Gasteiger charge is 2.17. The minimum atomic E-state index is -0.248. The lowest BCUT2D eigenvalue weighted by atomic mass is 10.0. The van der Waals surface area contributed by atoms with Crippen LogP contribution in [0.4, 0.5) is 4.39 Å². The number of pyridine rings is 1. The molecule has 1 aliphatic heterocycles. The molecule has 3 rings (SSSR count). The van der Waals surface area contributed by atoms with Crippen molar-refractivity contribution in [2.45, 2.75) is 26.6 Å². The van der Waals surface area contributed by atoms with Crippen molar-refractivity contribution in [3.63, 3.8) is 0 Å². The summed E-state index contributed by atoms with van der Waals surface area (Å²) >= 11 is 0. The topological polar surface area (TPSA) is 54.2 Å². The van der Waals surface area contributed by atoms with Gasteiger partial charge in [-0.1, -0.05) is 18.2 Å². The molecule has 3 N–H and O–H groups in total. The highest BCUT2D eigenvalue weighted by Crippen LogP contribution is 2.24. The lowest BCUT2D eigenvalue weighted by molar-refractivity contribution is 0.361. The molecule has 1 aromatic heterocycles. The fourth-order valence-electron chi connectivity index (χ4n) is 2.92. The van der Waals surface area contributed by atoms with Crippen LogP contribution in [-0.4, -0.2) is 16.2 Å². The van der Waals surface area contributed by atoms with E-state index in [0.29, 0.717) is 5.56 Å². The third kappa shape index (κ3) is 3.83.